The monoisotopic (exact) mass is 408 g/mol. The molecular formula is C23H28N4O3. The van der Waals surface area contributed by atoms with Gasteiger partial charge in [0.25, 0.3) is 0 Å². The Morgan fingerprint density at radius 1 is 1.03 bits per heavy atom. The van der Waals surface area contributed by atoms with Crippen LogP contribution >= 0.6 is 0 Å². The minimum absolute atomic E-state index is 0.173. The van der Waals surface area contributed by atoms with Gasteiger partial charge in [-0.2, -0.15) is 0 Å². The third-order valence-electron chi connectivity index (χ3n) is 5.62. The fraction of sp³-hybridized carbons (Fsp3) is 0.391. The minimum Gasteiger partial charge on any atom is -0.493 e. The molecular weight excluding hydrogens is 380 g/mol. The Morgan fingerprint density at radius 2 is 1.90 bits per heavy atom. The summed E-state index contributed by atoms with van der Waals surface area (Å²) in [6, 6.07) is 13.8. The van der Waals surface area contributed by atoms with Crippen molar-refractivity contribution in [2.45, 2.75) is 19.3 Å². The molecule has 0 atom stereocenters. The van der Waals surface area contributed by atoms with Crippen LogP contribution in [0.4, 0.5) is 5.95 Å². The summed E-state index contributed by atoms with van der Waals surface area (Å²) in [4.78, 5) is 25.2. The molecule has 158 valence electrons. The standard InChI is InChI=1S/C23H28N4O3/c1-29-20-10-5-7-17(22(20)30-2)11-12-21(28)26-13-6-14-27(16-15-26)23-24-18-8-3-4-9-19(18)25-23/h3-5,7-10H,6,11-16H2,1-2H3,(H,24,25). The molecule has 7 nitrogen and oxygen atoms in total. The predicted molar refractivity (Wildman–Crippen MR) is 117 cm³/mol. The van der Waals surface area contributed by atoms with E-state index in [0.29, 0.717) is 30.9 Å². The lowest BCUT2D eigenvalue weighted by Gasteiger charge is -2.22. The summed E-state index contributed by atoms with van der Waals surface area (Å²) in [6.07, 6.45) is 2.00. The quantitative estimate of drug-likeness (QED) is 0.678. The van der Waals surface area contributed by atoms with Gasteiger partial charge in [0.05, 0.1) is 25.3 Å². The second kappa shape index (κ2) is 9.07. The summed E-state index contributed by atoms with van der Waals surface area (Å²) < 4.78 is 10.8. The fourth-order valence-corrected chi connectivity index (χ4v) is 4.02. The van der Waals surface area contributed by atoms with Crippen LogP contribution in [0, 0.1) is 0 Å². The lowest BCUT2D eigenvalue weighted by molar-refractivity contribution is -0.130. The maximum absolute atomic E-state index is 12.9. The van der Waals surface area contributed by atoms with Crippen LogP contribution in [-0.4, -0.2) is 61.2 Å². The minimum atomic E-state index is 0.173. The number of aryl methyl sites for hydroxylation is 1. The molecule has 30 heavy (non-hydrogen) atoms. The van der Waals surface area contributed by atoms with Crippen LogP contribution in [0.3, 0.4) is 0 Å². The molecule has 0 saturated carbocycles. The lowest BCUT2D eigenvalue weighted by atomic mass is 10.1. The number of aromatic amines is 1. The second-order valence-corrected chi connectivity index (χ2v) is 7.45. The number of ether oxygens (including phenoxy) is 2. The number of carbonyl (C=O) groups is 1. The van der Waals surface area contributed by atoms with E-state index in [1.54, 1.807) is 14.2 Å². The van der Waals surface area contributed by atoms with Gasteiger partial charge in [0.15, 0.2) is 11.5 Å². The number of nitrogens with one attached hydrogen (secondary N) is 1. The average Bonchev–Trinajstić information content (AvgIpc) is 3.06. The number of rotatable bonds is 6. The lowest BCUT2D eigenvalue weighted by Crippen LogP contribution is -2.35. The van der Waals surface area contributed by atoms with Gasteiger partial charge in [0.1, 0.15) is 0 Å². The first-order valence-corrected chi connectivity index (χ1v) is 10.4. The van der Waals surface area contributed by atoms with E-state index < -0.39 is 0 Å². The number of amides is 1. The molecule has 1 aliphatic heterocycles. The summed E-state index contributed by atoms with van der Waals surface area (Å²) in [7, 11) is 3.25. The van der Waals surface area contributed by atoms with Crippen LogP contribution < -0.4 is 14.4 Å². The third-order valence-corrected chi connectivity index (χ3v) is 5.62. The maximum atomic E-state index is 12.9. The number of nitrogens with zero attached hydrogens (tertiary/aromatic N) is 3. The van der Waals surface area contributed by atoms with Crippen LogP contribution in [0.25, 0.3) is 11.0 Å². The molecule has 7 heteroatoms. The van der Waals surface area contributed by atoms with Crippen molar-refractivity contribution < 1.29 is 14.3 Å². The number of hydrogen-bond donors (Lipinski definition) is 1. The Morgan fingerprint density at radius 3 is 2.70 bits per heavy atom. The number of H-pyrrole nitrogens is 1. The first-order chi connectivity index (χ1) is 14.7. The molecule has 1 aliphatic rings. The van der Waals surface area contributed by atoms with E-state index in [1.807, 2.05) is 47.4 Å². The molecule has 1 amide bonds. The van der Waals surface area contributed by atoms with Crippen molar-refractivity contribution in [1.29, 1.82) is 0 Å². The van der Waals surface area contributed by atoms with E-state index in [-0.39, 0.29) is 5.91 Å². The van der Waals surface area contributed by atoms with Gasteiger partial charge in [-0.3, -0.25) is 4.79 Å². The van der Waals surface area contributed by atoms with Gasteiger partial charge in [-0.05, 0) is 36.6 Å². The highest BCUT2D eigenvalue weighted by Crippen LogP contribution is 2.31. The SMILES string of the molecule is COc1cccc(CCC(=O)N2CCCN(c3nc4ccccc4[nH]3)CC2)c1OC. The van der Waals surface area contributed by atoms with Crippen LogP contribution in [0.15, 0.2) is 42.5 Å². The first kappa shape index (κ1) is 20.1. The predicted octanol–water partition coefficient (Wildman–Crippen LogP) is 3.25. The number of fused-ring (bicyclic) bond motifs is 1. The van der Waals surface area contributed by atoms with E-state index in [9.17, 15) is 4.79 Å². The van der Waals surface area contributed by atoms with Gasteiger partial charge in [0, 0.05) is 32.6 Å². The Kier molecular flexibility index (Phi) is 6.07. The van der Waals surface area contributed by atoms with Crippen molar-refractivity contribution in [2.24, 2.45) is 0 Å². The number of hydrogen-bond acceptors (Lipinski definition) is 5. The molecule has 2 aromatic carbocycles. The van der Waals surface area contributed by atoms with Crippen LogP contribution in [0.1, 0.15) is 18.4 Å². The zero-order chi connectivity index (χ0) is 20.9. The van der Waals surface area contributed by atoms with E-state index in [0.717, 1.165) is 48.6 Å². The van der Waals surface area contributed by atoms with Gasteiger partial charge in [-0.25, -0.2) is 4.98 Å². The molecule has 0 bridgehead atoms. The van der Waals surface area contributed by atoms with E-state index >= 15 is 0 Å². The summed E-state index contributed by atoms with van der Waals surface area (Å²) in [5, 5.41) is 0. The van der Waals surface area contributed by atoms with Gasteiger partial charge in [-0.1, -0.05) is 24.3 Å². The van der Waals surface area contributed by atoms with Gasteiger partial charge in [0.2, 0.25) is 11.9 Å². The van der Waals surface area contributed by atoms with E-state index in [4.69, 9.17) is 14.5 Å². The highest BCUT2D eigenvalue weighted by molar-refractivity contribution is 5.78. The summed E-state index contributed by atoms with van der Waals surface area (Å²) in [5.74, 6) is 2.45. The Labute approximate surface area is 176 Å². The zero-order valence-corrected chi connectivity index (χ0v) is 17.6. The molecule has 3 aromatic rings. The molecule has 0 unspecified atom stereocenters. The fourth-order valence-electron chi connectivity index (χ4n) is 4.02. The molecule has 2 heterocycles. The van der Waals surface area contributed by atoms with Crippen molar-refractivity contribution in [3.63, 3.8) is 0 Å². The number of methoxy groups -OCH3 is 2. The van der Waals surface area contributed by atoms with Crippen LogP contribution in [0.5, 0.6) is 11.5 Å². The number of carbonyl (C=O) groups excluding carboxylic acids is 1. The summed E-state index contributed by atoms with van der Waals surface area (Å²) in [6.45, 7) is 3.12. The third kappa shape index (κ3) is 4.20. The Hall–Kier alpha value is -3.22. The van der Waals surface area contributed by atoms with Gasteiger partial charge >= 0.3 is 0 Å². The first-order valence-electron chi connectivity index (χ1n) is 10.4. The highest BCUT2D eigenvalue weighted by atomic mass is 16.5. The maximum Gasteiger partial charge on any atom is 0.222 e. The molecule has 1 saturated heterocycles. The Balaban J connectivity index is 1.37. The molecule has 1 N–H and O–H groups in total. The number of aromatic nitrogens is 2. The number of para-hydroxylation sites is 3. The number of imidazole rings is 1. The van der Waals surface area contributed by atoms with Crippen molar-refractivity contribution in [2.75, 3.05) is 45.3 Å². The van der Waals surface area contributed by atoms with Crippen LogP contribution in [0.2, 0.25) is 0 Å². The molecule has 1 aromatic heterocycles. The van der Waals surface area contributed by atoms with Gasteiger partial charge < -0.3 is 24.3 Å². The van der Waals surface area contributed by atoms with Crippen molar-refractivity contribution >= 4 is 22.9 Å². The zero-order valence-electron chi connectivity index (χ0n) is 17.6. The molecule has 0 spiro atoms. The van der Waals surface area contributed by atoms with E-state index in [1.165, 1.54) is 0 Å². The van der Waals surface area contributed by atoms with Gasteiger partial charge in [-0.15, -0.1) is 0 Å². The Bertz CT molecular complexity index is 984. The van der Waals surface area contributed by atoms with Crippen molar-refractivity contribution in [3.8, 4) is 11.5 Å². The topological polar surface area (TPSA) is 70.7 Å². The largest absolute Gasteiger partial charge is 0.493 e. The number of benzene rings is 2. The molecule has 0 aliphatic carbocycles. The normalized spacial score (nSPS) is 14.6. The van der Waals surface area contributed by atoms with Crippen molar-refractivity contribution in [3.05, 3.63) is 48.0 Å². The molecule has 0 radical (unpaired) electrons. The van der Waals surface area contributed by atoms with E-state index in [2.05, 4.69) is 9.88 Å². The smallest absolute Gasteiger partial charge is 0.222 e. The molecule has 1 fully saturated rings. The van der Waals surface area contributed by atoms with Crippen LogP contribution in [-0.2, 0) is 11.2 Å². The summed E-state index contributed by atoms with van der Waals surface area (Å²) >= 11 is 0. The second-order valence-electron chi connectivity index (χ2n) is 7.45. The van der Waals surface area contributed by atoms with Crippen molar-refractivity contribution in [1.82, 2.24) is 14.9 Å². The highest BCUT2D eigenvalue weighted by Gasteiger charge is 2.21. The average molecular weight is 409 g/mol. The molecule has 4 rings (SSSR count). The number of anilines is 1. The summed E-state index contributed by atoms with van der Waals surface area (Å²) in [5.41, 5.74) is 3.00.